The number of hydrogen-bond donors (Lipinski definition) is 3. The van der Waals surface area contributed by atoms with Crippen LogP contribution in [0.2, 0.25) is 0 Å². The summed E-state index contributed by atoms with van der Waals surface area (Å²) in [6, 6.07) is 4.23. The molecule has 0 heterocycles. The van der Waals surface area contributed by atoms with Crippen molar-refractivity contribution in [2.75, 3.05) is 0 Å². The van der Waals surface area contributed by atoms with Gasteiger partial charge in [0.1, 0.15) is 0 Å². The van der Waals surface area contributed by atoms with Crippen molar-refractivity contribution in [1.82, 2.24) is 0 Å². The molecular formula is C36H45O2PS2. The van der Waals surface area contributed by atoms with E-state index in [4.69, 9.17) is 0 Å². The molecule has 0 aliphatic heterocycles. The third-order valence-electron chi connectivity index (χ3n) is 6.24. The van der Waals surface area contributed by atoms with Gasteiger partial charge in [0.15, 0.2) is 0 Å². The third kappa shape index (κ3) is 8.25. The highest BCUT2D eigenvalue weighted by molar-refractivity contribution is 8.65. The molecule has 5 heteroatoms. The predicted molar refractivity (Wildman–Crippen MR) is 195 cm³/mol. The fourth-order valence-corrected chi connectivity index (χ4v) is 11.0. The van der Waals surface area contributed by atoms with Crippen molar-refractivity contribution in [1.29, 1.82) is 0 Å². The maximum absolute atomic E-state index is 11.6. The van der Waals surface area contributed by atoms with Gasteiger partial charge in [-0.2, -0.15) is 0 Å². The lowest BCUT2D eigenvalue weighted by atomic mass is 9.94. The molecular weight excluding hydrogens is 560 g/mol. The Morgan fingerprint density at radius 1 is 0.463 bits per heavy atom. The van der Waals surface area contributed by atoms with Gasteiger partial charge in [0.2, 0.25) is 5.69 Å². The third-order valence-corrected chi connectivity index (χ3v) is 12.4. The Labute approximate surface area is 255 Å². The first-order valence-corrected chi connectivity index (χ1v) is 18.6. The van der Waals surface area contributed by atoms with Gasteiger partial charge in [-0.15, -0.1) is 0 Å². The van der Waals surface area contributed by atoms with E-state index in [1.165, 1.54) is 0 Å². The monoisotopic (exact) mass is 604 g/mol. The first kappa shape index (κ1) is 34.6. The average Bonchev–Trinajstić information content (AvgIpc) is 2.91. The standard InChI is InChI=1S/C36H45O2PS2/c1-9-17-27-25-35(33(23-15-7)31(21-13-5)29(27)19-11-3)41(39(37,38)40)36-26-28(18-10-2)30(20-12-4)32(22-14-6)34(36)24-16-8/h9-26,37-38,40H,1-8H3. The van der Waals surface area contributed by atoms with Crippen molar-refractivity contribution in [2.24, 2.45) is 0 Å². The summed E-state index contributed by atoms with van der Waals surface area (Å²) in [6.45, 7) is 16.0. The van der Waals surface area contributed by atoms with Crippen LogP contribution in [0.3, 0.4) is 0 Å². The normalized spacial score (nSPS) is 14.3. The van der Waals surface area contributed by atoms with Crippen LogP contribution in [0, 0.1) is 0 Å². The van der Waals surface area contributed by atoms with Crippen LogP contribution in [0.5, 0.6) is 0 Å². The van der Waals surface area contributed by atoms with E-state index in [0.29, 0.717) is 0 Å². The Balaban J connectivity index is 3.44. The van der Waals surface area contributed by atoms with E-state index in [1.807, 2.05) is 104 Å². The minimum Gasteiger partial charge on any atom is -0.341 e. The zero-order valence-electron chi connectivity index (χ0n) is 25.6. The van der Waals surface area contributed by atoms with Crippen LogP contribution in [0.15, 0.2) is 70.5 Å². The van der Waals surface area contributed by atoms with E-state index < -0.39 is 15.8 Å². The summed E-state index contributed by atoms with van der Waals surface area (Å²) < 4.78 is 0. The van der Waals surface area contributed by atoms with Gasteiger partial charge in [-0.05, 0) is 112 Å². The summed E-state index contributed by atoms with van der Waals surface area (Å²) in [5, 5.41) is 0. The van der Waals surface area contributed by atoms with Crippen LogP contribution < -0.4 is 0 Å². The Morgan fingerprint density at radius 3 is 1.00 bits per heavy atom. The molecule has 41 heavy (non-hydrogen) atoms. The largest absolute Gasteiger partial charge is 0.341 e. The minimum atomic E-state index is -3.77. The second-order valence-corrected chi connectivity index (χ2v) is 16.8. The minimum absolute atomic E-state index is 0.855. The van der Waals surface area contributed by atoms with Gasteiger partial charge in [0, 0.05) is 9.79 Å². The Hall–Kier alpha value is -2.59. The van der Waals surface area contributed by atoms with Crippen molar-refractivity contribution in [3.8, 4) is 0 Å². The van der Waals surface area contributed by atoms with Crippen LogP contribution in [0.4, 0.5) is 0 Å². The smallest absolute Gasteiger partial charge is 0.207 e. The maximum atomic E-state index is 11.6. The lowest BCUT2D eigenvalue weighted by Crippen LogP contribution is -2.07. The summed E-state index contributed by atoms with van der Waals surface area (Å²) in [4.78, 5) is 24.9. The molecule has 2 rings (SSSR count). The quantitative estimate of drug-likeness (QED) is 0.186. The molecule has 0 fully saturated rings. The first-order valence-electron chi connectivity index (χ1n) is 13.9. The Kier molecular flexibility index (Phi) is 14.1. The molecule has 2 N–H and O–H groups in total. The van der Waals surface area contributed by atoms with E-state index in [-0.39, 0.29) is 0 Å². The van der Waals surface area contributed by atoms with Crippen molar-refractivity contribution in [3.63, 3.8) is 0 Å². The Bertz CT molecular complexity index is 1420. The highest BCUT2D eigenvalue weighted by Crippen LogP contribution is 2.54. The molecule has 0 amide bonds. The van der Waals surface area contributed by atoms with Gasteiger partial charge >= 0.3 is 0 Å². The fourth-order valence-electron chi connectivity index (χ4n) is 4.87. The van der Waals surface area contributed by atoms with E-state index in [0.717, 1.165) is 54.3 Å². The molecule has 0 atom stereocenters. The number of allylic oxidation sites excluding steroid dienone is 8. The van der Waals surface area contributed by atoms with Gasteiger partial charge in [-0.3, -0.25) is 0 Å². The van der Waals surface area contributed by atoms with Crippen LogP contribution in [0.25, 0.3) is 48.6 Å². The maximum Gasteiger partial charge on any atom is 0.207 e. The number of hydrogen-bond acceptors (Lipinski definition) is 0. The van der Waals surface area contributed by atoms with Crippen LogP contribution in [-0.4, -0.2) is 9.79 Å². The molecule has 0 aliphatic rings. The molecule has 0 saturated carbocycles. The number of thiol groups is 1. The van der Waals surface area contributed by atoms with Gasteiger partial charge < -0.3 is 9.79 Å². The van der Waals surface area contributed by atoms with Gasteiger partial charge in [-0.25, -0.2) is 0 Å². The highest BCUT2D eigenvalue weighted by Gasteiger charge is 2.25. The van der Waals surface area contributed by atoms with Crippen LogP contribution >= 0.6 is 17.9 Å². The van der Waals surface area contributed by atoms with E-state index in [1.54, 1.807) is 0 Å². The molecule has 0 unspecified atom stereocenters. The molecule has 0 spiro atoms. The Morgan fingerprint density at radius 2 is 0.732 bits per heavy atom. The molecule has 0 radical (unpaired) electrons. The molecule has 2 nitrogen and oxygen atoms in total. The molecule has 0 aromatic heterocycles. The predicted octanol–water partition coefficient (Wildman–Crippen LogP) is 11.6. The SMILES string of the molecule is CC=Cc1cc(S(c2cc(C=CC)c(C=CC)c(C=CC)c2C=CC)=P(O)(O)S)c(C=CC)c(C=CC)c1C=CC. The number of rotatable bonds is 10. The van der Waals surface area contributed by atoms with Crippen LogP contribution in [-0.2, 0) is 10.1 Å². The topological polar surface area (TPSA) is 40.5 Å². The lowest BCUT2D eigenvalue weighted by Gasteiger charge is -2.26. The van der Waals surface area contributed by atoms with Crippen LogP contribution in [0.1, 0.15) is 99.9 Å². The summed E-state index contributed by atoms with van der Waals surface area (Å²) in [5.74, 6) is 0. The molecule has 0 bridgehead atoms. The zero-order chi connectivity index (χ0) is 30.6. The van der Waals surface area contributed by atoms with Crippen molar-refractivity contribution < 1.29 is 9.79 Å². The second kappa shape index (κ2) is 16.8. The summed E-state index contributed by atoms with van der Waals surface area (Å²) in [7, 11) is -1.17. The first-order chi connectivity index (χ1) is 19.7. The fraction of sp³-hybridized carbons (Fsp3) is 0.222. The summed E-state index contributed by atoms with van der Waals surface area (Å²) >= 11 is 4.57. The van der Waals surface area contributed by atoms with E-state index in [2.05, 4.69) is 73.0 Å². The van der Waals surface area contributed by atoms with Gasteiger partial charge in [0.25, 0.3) is 0 Å². The molecule has 218 valence electrons. The summed E-state index contributed by atoms with van der Waals surface area (Å²) in [6.07, 6.45) is 33.0. The second-order valence-electron chi connectivity index (χ2n) is 9.21. The highest BCUT2D eigenvalue weighted by atomic mass is 32.9. The van der Waals surface area contributed by atoms with Gasteiger partial charge in [0.05, 0.1) is 0 Å². The average molecular weight is 605 g/mol. The lowest BCUT2D eigenvalue weighted by molar-refractivity contribution is 0.502. The van der Waals surface area contributed by atoms with Crippen molar-refractivity contribution >= 4 is 76.6 Å². The summed E-state index contributed by atoms with van der Waals surface area (Å²) in [5.41, 5.74) is 4.43. The molecule has 2 aromatic carbocycles. The zero-order valence-corrected chi connectivity index (χ0v) is 28.2. The number of benzene rings is 2. The van der Waals surface area contributed by atoms with E-state index in [9.17, 15) is 9.79 Å². The van der Waals surface area contributed by atoms with Crippen molar-refractivity contribution in [3.05, 3.63) is 105 Å². The molecule has 0 saturated heterocycles. The molecule has 0 aliphatic carbocycles. The van der Waals surface area contributed by atoms with Crippen molar-refractivity contribution in [2.45, 2.75) is 65.2 Å². The molecule has 2 aromatic rings. The van der Waals surface area contributed by atoms with E-state index >= 15 is 0 Å². The van der Waals surface area contributed by atoms with Gasteiger partial charge in [-0.1, -0.05) is 120 Å².